The third-order valence-corrected chi connectivity index (χ3v) is 2.78. The summed E-state index contributed by atoms with van der Waals surface area (Å²) in [5, 5.41) is 9.01. The minimum atomic E-state index is -0.612. The lowest BCUT2D eigenvalue weighted by Crippen LogP contribution is -2.31. The number of methoxy groups -OCH3 is 1. The zero-order valence-corrected chi connectivity index (χ0v) is 10.7. The molecule has 0 radical (unpaired) electrons. The first-order valence-electron chi connectivity index (χ1n) is 5.71. The second-order valence-corrected chi connectivity index (χ2v) is 4.12. The molecule has 0 fully saturated rings. The maximum Gasteiger partial charge on any atom is 0.328 e. The van der Waals surface area contributed by atoms with Gasteiger partial charge in [0.25, 0.3) is 5.56 Å². The number of aromatic amines is 1. The Morgan fingerprint density at radius 2 is 2.20 bits per heavy atom. The maximum atomic E-state index is 11.6. The van der Waals surface area contributed by atoms with Crippen LogP contribution in [-0.4, -0.2) is 16.7 Å². The minimum Gasteiger partial charge on any atom is -0.495 e. The fourth-order valence-corrected chi connectivity index (χ4v) is 1.78. The first kappa shape index (κ1) is 13.4. The van der Waals surface area contributed by atoms with Gasteiger partial charge in [0.15, 0.2) is 0 Å². The lowest BCUT2D eigenvalue weighted by Gasteiger charge is -2.08. The number of nitrogens with two attached hydrogens (primary N) is 1. The highest BCUT2D eigenvalue weighted by Crippen LogP contribution is 2.19. The molecule has 0 aliphatic heterocycles. The molecule has 1 heterocycles. The van der Waals surface area contributed by atoms with Crippen LogP contribution >= 0.6 is 0 Å². The van der Waals surface area contributed by atoms with Gasteiger partial charge in [-0.1, -0.05) is 6.07 Å². The summed E-state index contributed by atoms with van der Waals surface area (Å²) in [4.78, 5) is 24.9. The molecular formula is C13H12N4O3. The molecule has 2 aromatic rings. The van der Waals surface area contributed by atoms with Crippen molar-refractivity contribution < 1.29 is 4.74 Å². The highest BCUT2D eigenvalue weighted by Gasteiger charge is 2.06. The molecule has 0 aliphatic rings. The number of nitrogens with one attached hydrogen (secondary N) is 1. The van der Waals surface area contributed by atoms with E-state index in [0.29, 0.717) is 11.3 Å². The van der Waals surface area contributed by atoms with Crippen LogP contribution in [0.15, 0.2) is 34.0 Å². The molecule has 1 aromatic carbocycles. The molecule has 0 atom stereocenters. The second kappa shape index (κ2) is 5.32. The molecule has 102 valence electrons. The number of nitriles is 1. The summed E-state index contributed by atoms with van der Waals surface area (Å²) in [5.74, 6) is 0.463. The highest BCUT2D eigenvalue weighted by atomic mass is 16.5. The van der Waals surface area contributed by atoms with Crippen molar-refractivity contribution in [3.63, 3.8) is 0 Å². The van der Waals surface area contributed by atoms with Crippen LogP contribution in [0.1, 0.15) is 11.1 Å². The van der Waals surface area contributed by atoms with Crippen LogP contribution in [0, 0.1) is 11.3 Å². The van der Waals surface area contributed by atoms with Gasteiger partial charge in [-0.2, -0.15) is 5.26 Å². The Balaban J connectivity index is 2.41. The van der Waals surface area contributed by atoms with Gasteiger partial charge in [0, 0.05) is 6.20 Å². The molecule has 7 nitrogen and oxygen atoms in total. The second-order valence-electron chi connectivity index (χ2n) is 4.12. The van der Waals surface area contributed by atoms with E-state index in [1.807, 2.05) is 6.07 Å². The summed E-state index contributed by atoms with van der Waals surface area (Å²) >= 11 is 0. The number of rotatable bonds is 3. The number of hydrogen-bond donors (Lipinski definition) is 2. The van der Waals surface area contributed by atoms with Gasteiger partial charge < -0.3 is 10.5 Å². The molecule has 0 spiro atoms. The molecule has 0 saturated heterocycles. The number of nitrogens with zero attached hydrogens (tertiary/aromatic N) is 2. The van der Waals surface area contributed by atoms with Crippen molar-refractivity contribution in [1.29, 1.82) is 5.26 Å². The first-order chi connectivity index (χ1) is 9.55. The van der Waals surface area contributed by atoms with E-state index in [4.69, 9.17) is 15.7 Å². The molecule has 0 unspecified atom stereocenters. The Labute approximate surface area is 113 Å². The molecule has 2 rings (SSSR count). The topological polar surface area (TPSA) is 114 Å². The Morgan fingerprint density at radius 1 is 1.45 bits per heavy atom. The van der Waals surface area contributed by atoms with Gasteiger partial charge in [-0.25, -0.2) is 4.79 Å². The van der Waals surface area contributed by atoms with Gasteiger partial charge in [0.2, 0.25) is 0 Å². The van der Waals surface area contributed by atoms with E-state index < -0.39 is 11.2 Å². The van der Waals surface area contributed by atoms with Crippen molar-refractivity contribution in [1.82, 2.24) is 9.55 Å². The number of nitrogen functional groups attached to an aromatic ring is 1. The van der Waals surface area contributed by atoms with E-state index in [0.717, 1.165) is 5.56 Å². The number of H-pyrrole nitrogens is 1. The summed E-state index contributed by atoms with van der Waals surface area (Å²) in [7, 11) is 1.48. The van der Waals surface area contributed by atoms with Gasteiger partial charge in [0.1, 0.15) is 17.5 Å². The maximum absolute atomic E-state index is 11.6. The van der Waals surface area contributed by atoms with E-state index in [1.54, 1.807) is 18.2 Å². The van der Waals surface area contributed by atoms with Crippen LogP contribution in [-0.2, 0) is 6.54 Å². The zero-order valence-electron chi connectivity index (χ0n) is 10.7. The van der Waals surface area contributed by atoms with Crippen molar-refractivity contribution >= 4 is 5.69 Å². The Kier molecular flexibility index (Phi) is 3.57. The SMILES string of the molecule is COc1ccc(Cn2cc(N)c(=O)[nH]c2=O)cc1C#N. The van der Waals surface area contributed by atoms with Crippen molar-refractivity contribution in [3.05, 3.63) is 56.4 Å². The summed E-state index contributed by atoms with van der Waals surface area (Å²) in [6, 6.07) is 7.01. The van der Waals surface area contributed by atoms with Gasteiger partial charge in [0.05, 0.1) is 19.2 Å². The summed E-state index contributed by atoms with van der Waals surface area (Å²) in [5.41, 5.74) is 5.35. The Bertz CT molecular complexity index is 798. The van der Waals surface area contributed by atoms with Crippen molar-refractivity contribution in [2.45, 2.75) is 6.54 Å². The average molecular weight is 272 g/mol. The zero-order chi connectivity index (χ0) is 14.7. The van der Waals surface area contributed by atoms with Crippen LogP contribution in [0.2, 0.25) is 0 Å². The number of benzene rings is 1. The van der Waals surface area contributed by atoms with Crippen molar-refractivity contribution in [2.75, 3.05) is 12.8 Å². The minimum absolute atomic E-state index is 0.0429. The third-order valence-electron chi connectivity index (χ3n) is 2.78. The van der Waals surface area contributed by atoms with Crippen LogP contribution in [0.5, 0.6) is 5.75 Å². The molecule has 20 heavy (non-hydrogen) atoms. The Morgan fingerprint density at radius 3 is 2.85 bits per heavy atom. The summed E-state index contributed by atoms with van der Waals surface area (Å²) in [6.45, 7) is 0.193. The van der Waals surface area contributed by atoms with Gasteiger partial charge in [-0.05, 0) is 17.7 Å². The van der Waals surface area contributed by atoms with Crippen molar-refractivity contribution in [3.8, 4) is 11.8 Å². The molecule has 7 heteroatoms. The number of aromatic nitrogens is 2. The smallest absolute Gasteiger partial charge is 0.328 e. The molecule has 0 aliphatic carbocycles. The standard InChI is InChI=1S/C13H12N4O3/c1-20-11-3-2-8(4-9(11)5-14)6-17-7-10(15)12(18)16-13(17)19/h2-4,7H,6,15H2,1H3,(H,16,18,19). The predicted molar refractivity (Wildman–Crippen MR) is 72.5 cm³/mol. The molecule has 1 aromatic heterocycles. The average Bonchev–Trinajstić information content (AvgIpc) is 2.44. The number of hydrogen-bond acceptors (Lipinski definition) is 5. The predicted octanol–water partition coefficient (Wildman–Crippen LogP) is 0.0474. The molecular weight excluding hydrogens is 260 g/mol. The summed E-state index contributed by atoms with van der Waals surface area (Å²) in [6.07, 6.45) is 1.28. The molecule has 0 saturated carbocycles. The normalized spacial score (nSPS) is 10.0. The molecule has 0 bridgehead atoms. The fraction of sp³-hybridized carbons (Fsp3) is 0.154. The van der Waals surface area contributed by atoms with Crippen LogP contribution in [0.3, 0.4) is 0 Å². The van der Waals surface area contributed by atoms with E-state index in [-0.39, 0.29) is 12.2 Å². The lowest BCUT2D eigenvalue weighted by atomic mass is 10.1. The quantitative estimate of drug-likeness (QED) is 0.819. The van der Waals surface area contributed by atoms with Crippen LogP contribution in [0.25, 0.3) is 0 Å². The van der Waals surface area contributed by atoms with Gasteiger partial charge >= 0.3 is 5.69 Å². The van der Waals surface area contributed by atoms with E-state index in [9.17, 15) is 9.59 Å². The summed E-state index contributed by atoms with van der Waals surface area (Å²) < 4.78 is 6.31. The van der Waals surface area contributed by atoms with Gasteiger partial charge in [-0.3, -0.25) is 14.3 Å². The van der Waals surface area contributed by atoms with E-state index >= 15 is 0 Å². The lowest BCUT2D eigenvalue weighted by molar-refractivity contribution is 0.413. The van der Waals surface area contributed by atoms with E-state index in [1.165, 1.54) is 17.9 Å². The number of anilines is 1. The molecule has 3 N–H and O–H groups in total. The Hall–Kier alpha value is -3.01. The third kappa shape index (κ3) is 2.54. The monoisotopic (exact) mass is 272 g/mol. The van der Waals surface area contributed by atoms with Gasteiger partial charge in [-0.15, -0.1) is 0 Å². The molecule has 0 amide bonds. The van der Waals surface area contributed by atoms with E-state index in [2.05, 4.69) is 4.98 Å². The van der Waals surface area contributed by atoms with Crippen molar-refractivity contribution in [2.24, 2.45) is 0 Å². The van der Waals surface area contributed by atoms with Crippen LogP contribution < -0.4 is 21.7 Å². The number of ether oxygens (including phenoxy) is 1. The fourth-order valence-electron chi connectivity index (χ4n) is 1.78. The largest absolute Gasteiger partial charge is 0.495 e. The van der Waals surface area contributed by atoms with Crippen LogP contribution in [0.4, 0.5) is 5.69 Å². The first-order valence-corrected chi connectivity index (χ1v) is 5.71. The highest BCUT2D eigenvalue weighted by molar-refractivity contribution is 5.45.